The van der Waals surface area contributed by atoms with Gasteiger partial charge in [0.25, 0.3) is 0 Å². The van der Waals surface area contributed by atoms with Gasteiger partial charge in [-0.2, -0.15) is 0 Å². The highest BCUT2D eigenvalue weighted by Gasteiger charge is 2.27. The second-order valence-electron chi connectivity index (χ2n) is 5.65. The van der Waals surface area contributed by atoms with E-state index >= 15 is 0 Å². The summed E-state index contributed by atoms with van der Waals surface area (Å²) in [6.45, 7) is 8.33. The van der Waals surface area contributed by atoms with Gasteiger partial charge < -0.3 is 4.74 Å². The van der Waals surface area contributed by atoms with Crippen LogP contribution in [0.5, 0.6) is 0 Å². The lowest BCUT2D eigenvalue weighted by molar-refractivity contribution is 0.0532. The molecule has 1 heterocycles. The minimum atomic E-state index is -0.347. The third-order valence-corrected chi connectivity index (χ3v) is 4.65. The Morgan fingerprint density at radius 3 is 2.57 bits per heavy atom. The summed E-state index contributed by atoms with van der Waals surface area (Å²) in [5.74, 6) is -0.347. The first kappa shape index (κ1) is 16.0. The number of benzene rings is 1. The zero-order chi connectivity index (χ0) is 15.6. The Labute approximate surface area is 133 Å². The number of carbonyl (C=O) groups is 1. The second kappa shape index (κ2) is 6.16. The molecule has 112 valence electrons. The van der Waals surface area contributed by atoms with E-state index in [1.54, 1.807) is 13.0 Å². The molecule has 0 spiro atoms. The first-order chi connectivity index (χ1) is 9.84. The summed E-state index contributed by atoms with van der Waals surface area (Å²) in [7, 11) is 0. The highest BCUT2D eigenvalue weighted by molar-refractivity contribution is 7.14. The van der Waals surface area contributed by atoms with Gasteiger partial charge in [0, 0.05) is 11.0 Å². The molecule has 3 nitrogen and oxygen atoms in total. The van der Waals surface area contributed by atoms with Crippen LogP contribution in [0.3, 0.4) is 0 Å². The third-order valence-electron chi connectivity index (χ3n) is 2.86. The molecule has 0 aliphatic heterocycles. The van der Waals surface area contributed by atoms with E-state index in [2.05, 4.69) is 25.8 Å². The minimum Gasteiger partial charge on any atom is -0.462 e. The number of esters is 1. The van der Waals surface area contributed by atoms with Gasteiger partial charge in [-0.15, -0.1) is 11.3 Å². The molecule has 2 rings (SSSR count). The molecule has 2 aromatic rings. The molecule has 0 saturated carbocycles. The van der Waals surface area contributed by atoms with E-state index in [4.69, 9.17) is 16.3 Å². The number of hydrogen-bond acceptors (Lipinski definition) is 4. The average Bonchev–Trinajstić information content (AvgIpc) is 2.84. The van der Waals surface area contributed by atoms with Crippen molar-refractivity contribution < 1.29 is 9.53 Å². The van der Waals surface area contributed by atoms with Crippen molar-refractivity contribution in [3.8, 4) is 11.3 Å². The molecule has 0 fully saturated rings. The van der Waals surface area contributed by atoms with E-state index in [9.17, 15) is 4.79 Å². The molecule has 0 bridgehead atoms. The van der Waals surface area contributed by atoms with Crippen LogP contribution in [0.15, 0.2) is 24.3 Å². The molecule has 5 heteroatoms. The van der Waals surface area contributed by atoms with E-state index in [1.807, 2.05) is 18.2 Å². The highest BCUT2D eigenvalue weighted by Crippen LogP contribution is 2.37. The van der Waals surface area contributed by atoms with Crippen LogP contribution in [0.4, 0.5) is 0 Å². The Balaban J connectivity index is 2.61. The lowest BCUT2D eigenvalue weighted by atomic mass is 9.98. The Kier molecular flexibility index (Phi) is 4.69. The predicted molar refractivity (Wildman–Crippen MR) is 87.2 cm³/mol. The smallest absolute Gasteiger partial charge is 0.350 e. The predicted octanol–water partition coefficient (Wildman–Crippen LogP) is 4.94. The third kappa shape index (κ3) is 3.44. The van der Waals surface area contributed by atoms with Gasteiger partial charge in [0.2, 0.25) is 0 Å². The summed E-state index contributed by atoms with van der Waals surface area (Å²) in [4.78, 5) is 17.4. The molecular weight excluding hydrogens is 306 g/mol. The van der Waals surface area contributed by atoms with Crippen molar-refractivity contribution in [3.63, 3.8) is 0 Å². The second-order valence-corrected chi connectivity index (χ2v) is 7.05. The lowest BCUT2D eigenvalue weighted by Crippen LogP contribution is -2.10. The van der Waals surface area contributed by atoms with Crippen LogP contribution in [0.25, 0.3) is 11.3 Å². The van der Waals surface area contributed by atoms with Crippen molar-refractivity contribution in [2.75, 3.05) is 6.61 Å². The Morgan fingerprint density at radius 2 is 2.00 bits per heavy atom. The molecule has 0 N–H and O–H groups in total. The van der Waals surface area contributed by atoms with Crippen molar-refractivity contribution in [3.05, 3.63) is 39.2 Å². The number of aromatic nitrogens is 1. The molecule has 0 unspecified atom stereocenters. The van der Waals surface area contributed by atoms with Crippen molar-refractivity contribution in [2.24, 2.45) is 0 Å². The maximum Gasteiger partial charge on any atom is 0.350 e. The summed E-state index contributed by atoms with van der Waals surface area (Å²) in [5, 5.41) is 1.47. The van der Waals surface area contributed by atoms with Crippen LogP contribution in [0.1, 0.15) is 42.4 Å². The number of hydrogen-bond donors (Lipinski definition) is 0. The highest BCUT2D eigenvalue weighted by atomic mass is 35.5. The molecule has 0 amide bonds. The summed E-state index contributed by atoms with van der Waals surface area (Å²) in [5.41, 5.74) is 1.23. The standard InChI is InChI=1S/C16H18ClNO2S/c1-5-20-14(19)13-12(10-8-6-7-9-11(10)17)18-15(21-13)16(2,3)4/h6-9H,5H2,1-4H3. The van der Waals surface area contributed by atoms with Crippen LogP contribution < -0.4 is 0 Å². The minimum absolute atomic E-state index is 0.134. The Hall–Kier alpha value is -1.39. The number of thiazole rings is 1. The zero-order valence-electron chi connectivity index (χ0n) is 12.6. The summed E-state index contributed by atoms with van der Waals surface area (Å²) < 4.78 is 5.14. The molecule has 0 saturated heterocycles. The van der Waals surface area contributed by atoms with Crippen molar-refractivity contribution >= 4 is 28.9 Å². The van der Waals surface area contributed by atoms with Gasteiger partial charge >= 0.3 is 5.97 Å². The van der Waals surface area contributed by atoms with Crippen LogP contribution >= 0.6 is 22.9 Å². The van der Waals surface area contributed by atoms with Gasteiger partial charge in [-0.25, -0.2) is 9.78 Å². The fourth-order valence-corrected chi connectivity index (χ4v) is 3.07. The maximum absolute atomic E-state index is 12.2. The SMILES string of the molecule is CCOC(=O)c1sc(C(C)(C)C)nc1-c1ccccc1Cl. The molecule has 21 heavy (non-hydrogen) atoms. The summed E-state index contributed by atoms with van der Waals surface area (Å²) in [6.07, 6.45) is 0. The number of ether oxygens (including phenoxy) is 1. The van der Waals surface area contributed by atoms with E-state index in [0.29, 0.717) is 22.2 Å². The largest absolute Gasteiger partial charge is 0.462 e. The molecule has 0 aliphatic carbocycles. The molecule has 1 aromatic heterocycles. The first-order valence-corrected chi connectivity index (χ1v) is 7.97. The van der Waals surface area contributed by atoms with Crippen LogP contribution in [-0.4, -0.2) is 17.6 Å². The van der Waals surface area contributed by atoms with Crippen LogP contribution in [0.2, 0.25) is 5.02 Å². The molecule has 0 radical (unpaired) electrons. The van der Waals surface area contributed by atoms with Gasteiger partial charge in [-0.1, -0.05) is 50.6 Å². The molecule has 0 atom stereocenters. The van der Waals surface area contributed by atoms with Gasteiger partial charge in [-0.3, -0.25) is 0 Å². The van der Waals surface area contributed by atoms with E-state index in [-0.39, 0.29) is 11.4 Å². The molecule has 0 aliphatic rings. The number of halogens is 1. The van der Waals surface area contributed by atoms with Crippen molar-refractivity contribution in [1.82, 2.24) is 4.98 Å². The first-order valence-electron chi connectivity index (χ1n) is 6.78. The average molecular weight is 324 g/mol. The lowest BCUT2D eigenvalue weighted by Gasteiger charge is -2.13. The number of carbonyl (C=O) groups excluding carboxylic acids is 1. The quantitative estimate of drug-likeness (QED) is 0.751. The van der Waals surface area contributed by atoms with Crippen molar-refractivity contribution in [1.29, 1.82) is 0 Å². The Bertz CT molecular complexity index is 659. The van der Waals surface area contributed by atoms with Crippen LogP contribution in [-0.2, 0) is 10.2 Å². The molecule has 1 aromatic carbocycles. The van der Waals surface area contributed by atoms with E-state index < -0.39 is 0 Å². The fraction of sp³-hybridized carbons (Fsp3) is 0.375. The van der Waals surface area contributed by atoms with E-state index in [1.165, 1.54) is 11.3 Å². The topological polar surface area (TPSA) is 39.2 Å². The summed E-state index contributed by atoms with van der Waals surface area (Å²) in [6, 6.07) is 7.40. The fourth-order valence-electron chi connectivity index (χ4n) is 1.81. The van der Waals surface area contributed by atoms with Gasteiger partial charge in [0.05, 0.1) is 22.3 Å². The van der Waals surface area contributed by atoms with Gasteiger partial charge in [-0.05, 0) is 13.0 Å². The van der Waals surface area contributed by atoms with Gasteiger partial charge in [0.15, 0.2) is 0 Å². The van der Waals surface area contributed by atoms with Crippen molar-refractivity contribution in [2.45, 2.75) is 33.1 Å². The molecular formula is C16H18ClNO2S. The zero-order valence-corrected chi connectivity index (χ0v) is 14.1. The van der Waals surface area contributed by atoms with E-state index in [0.717, 1.165) is 10.6 Å². The Morgan fingerprint density at radius 1 is 1.33 bits per heavy atom. The van der Waals surface area contributed by atoms with Gasteiger partial charge in [0.1, 0.15) is 4.88 Å². The van der Waals surface area contributed by atoms with Crippen LogP contribution in [0, 0.1) is 0 Å². The summed E-state index contributed by atoms with van der Waals surface area (Å²) >= 11 is 7.62. The number of nitrogens with zero attached hydrogens (tertiary/aromatic N) is 1. The monoisotopic (exact) mass is 323 g/mol. The normalized spacial score (nSPS) is 11.5. The maximum atomic E-state index is 12.2. The number of rotatable bonds is 3.